The molecule has 0 unspecified atom stereocenters. The van der Waals surface area contributed by atoms with Gasteiger partial charge in [0.25, 0.3) is 0 Å². The summed E-state index contributed by atoms with van der Waals surface area (Å²) in [5, 5.41) is 6.11. The number of nitrogens with one attached hydrogen (secondary N) is 2. The summed E-state index contributed by atoms with van der Waals surface area (Å²) in [7, 11) is 0. The number of alkyl halides is 1. The summed E-state index contributed by atoms with van der Waals surface area (Å²) in [5.41, 5.74) is 2.73. The monoisotopic (exact) mass is 237 g/mol. The second kappa shape index (κ2) is 5.21. The molecule has 0 saturated heterocycles. The number of fused-ring (bicyclic) bond motifs is 1. The van der Waals surface area contributed by atoms with E-state index in [4.69, 9.17) is 11.6 Å². The third-order valence-electron chi connectivity index (χ3n) is 2.58. The van der Waals surface area contributed by atoms with Crippen LogP contribution in [0.4, 0.5) is 11.4 Å². The molecular weight excluding hydrogens is 224 g/mol. The Balaban J connectivity index is 2.01. The Morgan fingerprint density at radius 3 is 2.81 bits per heavy atom. The van der Waals surface area contributed by atoms with Gasteiger partial charge >= 0.3 is 0 Å². The Kier molecular flexibility index (Phi) is 3.67. The molecule has 0 saturated carbocycles. The van der Waals surface area contributed by atoms with Crippen molar-refractivity contribution in [2.24, 2.45) is 0 Å². The number of benzene rings is 1. The lowest BCUT2D eigenvalue weighted by Gasteiger charge is -2.03. The average Bonchev–Trinajstić information content (AvgIpc) is 2.76. The molecule has 0 fully saturated rings. The van der Waals surface area contributed by atoms with E-state index in [1.165, 1.54) is 0 Å². The fourth-order valence-electron chi connectivity index (χ4n) is 1.68. The lowest BCUT2D eigenvalue weighted by molar-refractivity contribution is 0.0980. The summed E-state index contributed by atoms with van der Waals surface area (Å²) in [6.07, 6.45) is 2.33. The van der Waals surface area contributed by atoms with Crippen molar-refractivity contribution in [3.05, 3.63) is 30.4 Å². The molecule has 0 amide bonds. The summed E-state index contributed by atoms with van der Waals surface area (Å²) in [5.74, 6) is 0.805. The Bertz CT molecular complexity index is 393. The molecule has 85 valence electrons. The van der Waals surface area contributed by atoms with Crippen molar-refractivity contribution in [3.8, 4) is 0 Å². The van der Waals surface area contributed by atoms with Gasteiger partial charge in [-0.15, -0.1) is 11.6 Å². The van der Waals surface area contributed by atoms with E-state index in [-0.39, 0.29) is 5.78 Å². The van der Waals surface area contributed by atoms with Crippen molar-refractivity contribution >= 4 is 28.8 Å². The van der Waals surface area contributed by atoms with Crippen LogP contribution in [0.5, 0.6) is 0 Å². The highest BCUT2D eigenvalue weighted by Crippen LogP contribution is 2.28. The highest BCUT2D eigenvalue weighted by Gasteiger charge is 2.12. The van der Waals surface area contributed by atoms with E-state index in [0.29, 0.717) is 12.3 Å². The van der Waals surface area contributed by atoms with Crippen LogP contribution >= 0.6 is 11.6 Å². The topological polar surface area (TPSA) is 41.1 Å². The molecule has 0 aliphatic carbocycles. The highest BCUT2D eigenvalue weighted by molar-refractivity contribution is 6.17. The molecule has 2 rings (SSSR count). The van der Waals surface area contributed by atoms with E-state index < -0.39 is 0 Å². The number of halogens is 1. The number of carbonyl (C=O) groups excluding carboxylic acids is 1. The first-order chi connectivity index (χ1) is 7.81. The van der Waals surface area contributed by atoms with E-state index in [2.05, 4.69) is 10.6 Å². The van der Waals surface area contributed by atoms with Crippen molar-refractivity contribution in [2.75, 3.05) is 16.5 Å². The van der Waals surface area contributed by atoms with Gasteiger partial charge in [0.1, 0.15) is 6.67 Å². The Morgan fingerprint density at radius 1 is 1.19 bits per heavy atom. The van der Waals surface area contributed by atoms with Crippen LogP contribution in [-0.2, 0) is 0 Å². The molecule has 1 radical (unpaired) electrons. The first-order valence-electron chi connectivity index (χ1n) is 5.39. The normalized spacial score (nSPS) is 12.8. The lowest BCUT2D eigenvalue weighted by Crippen LogP contribution is -1.99. The minimum Gasteiger partial charge on any atom is -0.360 e. The summed E-state index contributed by atoms with van der Waals surface area (Å²) >= 11 is 5.57. The van der Waals surface area contributed by atoms with Gasteiger partial charge in [-0.25, -0.2) is 0 Å². The Morgan fingerprint density at radius 2 is 2.00 bits per heavy atom. The first-order valence-corrected chi connectivity index (χ1v) is 5.92. The molecule has 4 heteroatoms. The van der Waals surface area contributed by atoms with Crippen LogP contribution in [0.15, 0.2) is 18.2 Å². The van der Waals surface area contributed by atoms with Crippen LogP contribution in [0.25, 0.3) is 0 Å². The van der Waals surface area contributed by atoms with Crippen LogP contribution < -0.4 is 10.6 Å². The molecule has 1 aromatic carbocycles. The number of anilines is 2. The average molecular weight is 238 g/mol. The van der Waals surface area contributed by atoms with E-state index in [1.807, 2.05) is 18.2 Å². The molecule has 0 bridgehead atoms. The summed E-state index contributed by atoms with van der Waals surface area (Å²) in [4.78, 5) is 11.8. The maximum Gasteiger partial charge on any atom is 0.162 e. The number of Topliss-reactive ketones (excluding diaryl/α,β-unsaturated/α-hetero) is 1. The van der Waals surface area contributed by atoms with Gasteiger partial charge in [-0.05, 0) is 31.0 Å². The maximum absolute atomic E-state index is 11.8. The zero-order valence-electron chi connectivity index (χ0n) is 8.92. The summed E-state index contributed by atoms with van der Waals surface area (Å²) < 4.78 is 0. The molecular formula is C12H14ClN2O. The molecule has 16 heavy (non-hydrogen) atoms. The number of carbonyl (C=O) groups is 1. The first kappa shape index (κ1) is 11.3. The van der Waals surface area contributed by atoms with Gasteiger partial charge < -0.3 is 10.6 Å². The Hall–Kier alpha value is -1.22. The second-order valence-corrected chi connectivity index (χ2v) is 4.14. The van der Waals surface area contributed by atoms with Crippen molar-refractivity contribution < 1.29 is 4.79 Å². The number of rotatable bonds is 5. The molecule has 3 nitrogen and oxygen atoms in total. The third kappa shape index (κ3) is 2.47. The molecule has 0 aromatic heterocycles. The van der Waals surface area contributed by atoms with E-state index >= 15 is 0 Å². The SMILES string of the molecule is O=C(CCCCCl)c1ccc2c(c1)N[CH]N2. The van der Waals surface area contributed by atoms with Gasteiger partial charge in [-0.1, -0.05) is 0 Å². The largest absolute Gasteiger partial charge is 0.360 e. The van der Waals surface area contributed by atoms with Gasteiger partial charge in [0.2, 0.25) is 0 Å². The van der Waals surface area contributed by atoms with Gasteiger partial charge in [-0.2, -0.15) is 0 Å². The highest BCUT2D eigenvalue weighted by atomic mass is 35.5. The van der Waals surface area contributed by atoms with E-state index in [0.717, 1.165) is 29.8 Å². The van der Waals surface area contributed by atoms with E-state index in [9.17, 15) is 4.79 Å². The summed E-state index contributed by atoms with van der Waals surface area (Å²) in [6.45, 7) is 1.76. The van der Waals surface area contributed by atoms with Crippen molar-refractivity contribution in [1.29, 1.82) is 0 Å². The van der Waals surface area contributed by atoms with Gasteiger partial charge in [0.15, 0.2) is 5.78 Å². The fourth-order valence-corrected chi connectivity index (χ4v) is 1.87. The third-order valence-corrected chi connectivity index (χ3v) is 2.85. The van der Waals surface area contributed by atoms with Gasteiger partial charge in [0.05, 0.1) is 11.4 Å². The zero-order chi connectivity index (χ0) is 11.4. The second-order valence-electron chi connectivity index (χ2n) is 3.76. The quantitative estimate of drug-likeness (QED) is 0.469. The molecule has 1 heterocycles. The molecule has 0 atom stereocenters. The van der Waals surface area contributed by atoms with Crippen LogP contribution in [0.3, 0.4) is 0 Å². The van der Waals surface area contributed by atoms with Crippen LogP contribution in [0.2, 0.25) is 0 Å². The lowest BCUT2D eigenvalue weighted by atomic mass is 10.0. The molecule has 1 aromatic rings. The number of ketones is 1. The van der Waals surface area contributed by atoms with Crippen molar-refractivity contribution in [3.63, 3.8) is 0 Å². The fraction of sp³-hybridized carbons (Fsp3) is 0.333. The van der Waals surface area contributed by atoms with Crippen LogP contribution in [-0.4, -0.2) is 11.7 Å². The number of unbranched alkanes of at least 4 members (excludes halogenated alkanes) is 1. The predicted octanol–water partition coefficient (Wildman–Crippen LogP) is 3.24. The van der Waals surface area contributed by atoms with Gasteiger partial charge in [0, 0.05) is 17.9 Å². The van der Waals surface area contributed by atoms with Crippen LogP contribution in [0.1, 0.15) is 29.6 Å². The van der Waals surface area contributed by atoms with Crippen LogP contribution in [0, 0.1) is 6.67 Å². The minimum absolute atomic E-state index is 0.182. The zero-order valence-corrected chi connectivity index (χ0v) is 9.68. The number of hydrogen-bond donors (Lipinski definition) is 2. The molecule has 2 N–H and O–H groups in total. The molecule has 1 aliphatic heterocycles. The molecule has 1 aliphatic rings. The van der Waals surface area contributed by atoms with Crippen molar-refractivity contribution in [2.45, 2.75) is 19.3 Å². The smallest absolute Gasteiger partial charge is 0.162 e. The van der Waals surface area contributed by atoms with Crippen molar-refractivity contribution in [1.82, 2.24) is 0 Å². The maximum atomic E-state index is 11.8. The Labute approximate surface area is 100 Å². The summed E-state index contributed by atoms with van der Waals surface area (Å²) in [6, 6.07) is 5.66. The predicted molar refractivity (Wildman–Crippen MR) is 66.9 cm³/mol. The van der Waals surface area contributed by atoms with Gasteiger partial charge in [-0.3, -0.25) is 4.79 Å². The van der Waals surface area contributed by atoms with E-state index in [1.54, 1.807) is 6.67 Å². The minimum atomic E-state index is 0.182. The number of hydrogen-bond acceptors (Lipinski definition) is 3. The molecule has 0 spiro atoms. The standard InChI is InChI=1S/C12H14ClN2O/c13-6-2-1-3-12(16)9-4-5-10-11(7-9)15-8-14-10/h4-5,7-8,14-15H,1-3,6H2.